The van der Waals surface area contributed by atoms with Gasteiger partial charge < -0.3 is 14.4 Å². The van der Waals surface area contributed by atoms with E-state index in [2.05, 4.69) is 15.9 Å². The van der Waals surface area contributed by atoms with Crippen molar-refractivity contribution >= 4 is 27.8 Å². The van der Waals surface area contributed by atoms with Gasteiger partial charge in [-0.25, -0.2) is 4.79 Å². The minimum Gasteiger partial charge on any atom is -0.465 e. The average Bonchev–Trinajstić information content (AvgIpc) is 2.93. The number of nitrogens with zero attached hydrogens (tertiary/aromatic N) is 1. The van der Waals surface area contributed by atoms with Crippen LogP contribution in [0.5, 0.6) is 0 Å². The van der Waals surface area contributed by atoms with Crippen LogP contribution in [-0.4, -0.2) is 50.2 Å². The van der Waals surface area contributed by atoms with Gasteiger partial charge in [-0.1, -0.05) is 15.9 Å². The topological polar surface area (TPSA) is 55.8 Å². The minimum absolute atomic E-state index is 0.0824. The number of amides is 1. The summed E-state index contributed by atoms with van der Waals surface area (Å²) < 4.78 is 10.6. The molecule has 1 fully saturated rings. The van der Waals surface area contributed by atoms with E-state index >= 15 is 0 Å². The highest BCUT2D eigenvalue weighted by Crippen LogP contribution is 2.23. The van der Waals surface area contributed by atoms with Crippen molar-refractivity contribution < 1.29 is 19.1 Å². The minimum atomic E-state index is -0.458. The number of carbonyl (C=O) groups excluding carboxylic acids is 2. The number of halogens is 1. The summed E-state index contributed by atoms with van der Waals surface area (Å²) in [6, 6.07) is 5.03. The van der Waals surface area contributed by atoms with E-state index in [1.807, 2.05) is 4.90 Å². The third-order valence-electron chi connectivity index (χ3n) is 3.56. The van der Waals surface area contributed by atoms with Gasteiger partial charge in [-0.15, -0.1) is 0 Å². The summed E-state index contributed by atoms with van der Waals surface area (Å²) in [5, 5.41) is 0. The summed E-state index contributed by atoms with van der Waals surface area (Å²) in [5.74, 6) is -0.541. The molecule has 0 spiro atoms. The van der Waals surface area contributed by atoms with Crippen molar-refractivity contribution in [3.8, 4) is 0 Å². The van der Waals surface area contributed by atoms with Crippen LogP contribution in [0.25, 0.3) is 0 Å². The fourth-order valence-corrected chi connectivity index (χ4v) is 3.08. The molecule has 21 heavy (non-hydrogen) atoms. The fraction of sp³-hybridized carbons (Fsp3) is 0.467. The molecular weight excluding hydrogens is 338 g/mol. The van der Waals surface area contributed by atoms with E-state index in [1.54, 1.807) is 25.3 Å². The number of rotatable bonds is 4. The van der Waals surface area contributed by atoms with Gasteiger partial charge in [0.25, 0.3) is 5.91 Å². The highest BCUT2D eigenvalue weighted by molar-refractivity contribution is 9.10. The van der Waals surface area contributed by atoms with E-state index in [0.717, 1.165) is 12.8 Å². The normalized spacial score (nSPS) is 17.9. The predicted octanol–water partition coefficient (Wildman–Crippen LogP) is 2.49. The molecule has 1 heterocycles. The Balaban J connectivity index is 2.26. The van der Waals surface area contributed by atoms with Crippen LogP contribution in [0.1, 0.15) is 33.6 Å². The Labute approximate surface area is 132 Å². The van der Waals surface area contributed by atoms with E-state index < -0.39 is 5.97 Å². The first-order valence-corrected chi connectivity index (χ1v) is 7.55. The van der Waals surface area contributed by atoms with E-state index in [1.165, 1.54) is 7.11 Å². The highest BCUT2D eigenvalue weighted by atomic mass is 79.9. The van der Waals surface area contributed by atoms with Gasteiger partial charge >= 0.3 is 5.97 Å². The van der Waals surface area contributed by atoms with Gasteiger partial charge in [0.2, 0.25) is 0 Å². The quantitative estimate of drug-likeness (QED) is 0.778. The molecule has 0 bridgehead atoms. The second-order valence-electron chi connectivity index (χ2n) is 4.97. The zero-order valence-corrected chi connectivity index (χ0v) is 13.7. The lowest BCUT2D eigenvalue weighted by atomic mass is 10.1. The van der Waals surface area contributed by atoms with Crippen molar-refractivity contribution in [2.45, 2.75) is 18.9 Å². The molecule has 1 aromatic rings. The molecule has 1 unspecified atom stereocenters. The summed E-state index contributed by atoms with van der Waals surface area (Å²) in [7, 11) is 2.95. The third-order valence-corrected chi connectivity index (χ3v) is 4.02. The molecule has 114 valence electrons. The maximum Gasteiger partial charge on any atom is 0.337 e. The molecular formula is C15H18BrNO4. The smallest absolute Gasteiger partial charge is 0.337 e. The van der Waals surface area contributed by atoms with E-state index in [0.29, 0.717) is 28.8 Å². The number of benzene rings is 1. The molecule has 1 aliphatic rings. The Morgan fingerprint density at radius 3 is 2.67 bits per heavy atom. The first kappa shape index (κ1) is 16.0. The largest absolute Gasteiger partial charge is 0.465 e. The second-order valence-corrected chi connectivity index (χ2v) is 5.89. The van der Waals surface area contributed by atoms with Crippen LogP contribution in [0.2, 0.25) is 0 Å². The van der Waals surface area contributed by atoms with Gasteiger partial charge in [-0.2, -0.15) is 0 Å². The van der Waals surface area contributed by atoms with Crippen LogP contribution in [0, 0.1) is 0 Å². The first-order valence-electron chi connectivity index (χ1n) is 6.75. The SMILES string of the molecule is COCC1CCCN1C(=O)c1cc(Br)cc(C(=O)OC)c1. The molecule has 1 aromatic carbocycles. The van der Waals surface area contributed by atoms with E-state index in [9.17, 15) is 9.59 Å². The first-order chi connectivity index (χ1) is 10.1. The molecule has 1 amide bonds. The van der Waals surface area contributed by atoms with Crippen molar-refractivity contribution in [2.75, 3.05) is 27.4 Å². The van der Waals surface area contributed by atoms with Crippen LogP contribution >= 0.6 is 15.9 Å². The van der Waals surface area contributed by atoms with Crippen molar-refractivity contribution in [1.82, 2.24) is 4.90 Å². The summed E-state index contributed by atoms with van der Waals surface area (Å²) in [6.07, 6.45) is 1.91. The molecule has 6 heteroatoms. The van der Waals surface area contributed by atoms with Crippen LogP contribution in [0.15, 0.2) is 22.7 Å². The van der Waals surface area contributed by atoms with Crippen LogP contribution in [-0.2, 0) is 9.47 Å². The monoisotopic (exact) mass is 355 g/mol. The number of hydrogen-bond acceptors (Lipinski definition) is 4. The predicted molar refractivity (Wildman–Crippen MR) is 81.4 cm³/mol. The second kappa shape index (κ2) is 7.04. The fourth-order valence-electron chi connectivity index (χ4n) is 2.58. The molecule has 0 N–H and O–H groups in total. The highest BCUT2D eigenvalue weighted by Gasteiger charge is 2.29. The number of likely N-dealkylation sites (tertiary alicyclic amines) is 1. The molecule has 0 saturated carbocycles. The Morgan fingerprint density at radius 2 is 2.00 bits per heavy atom. The summed E-state index contributed by atoms with van der Waals surface area (Å²) in [6.45, 7) is 1.25. The molecule has 2 rings (SSSR count). The van der Waals surface area contributed by atoms with E-state index in [-0.39, 0.29) is 11.9 Å². The van der Waals surface area contributed by atoms with Crippen LogP contribution in [0.4, 0.5) is 0 Å². The van der Waals surface area contributed by atoms with Gasteiger partial charge in [0.1, 0.15) is 0 Å². The van der Waals surface area contributed by atoms with Gasteiger partial charge in [0, 0.05) is 23.7 Å². The zero-order valence-electron chi connectivity index (χ0n) is 12.1. The number of ether oxygens (including phenoxy) is 2. The summed E-state index contributed by atoms with van der Waals surface area (Å²) in [5.41, 5.74) is 0.838. The maximum absolute atomic E-state index is 12.6. The Bertz CT molecular complexity index is 546. The Kier molecular flexibility index (Phi) is 5.36. The van der Waals surface area contributed by atoms with Crippen LogP contribution in [0.3, 0.4) is 0 Å². The Morgan fingerprint density at radius 1 is 1.29 bits per heavy atom. The Hall–Kier alpha value is -1.40. The number of esters is 1. The standard InChI is InChI=1S/C15H18BrNO4/c1-20-9-13-4-3-5-17(13)14(18)10-6-11(15(19)21-2)8-12(16)7-10/h6-8,13H,3-5,9H2,1-2H3. The average molecular weight is 356 g/mol. The molecule has 1 atom stereocenters. The van der Waals surface area contributed by atoms with Crippen molar-refractivity contribution in [3.63, 3.8) is 0 Å². The lowest BCUT2D eigenvalue weighted by Gasteiger charge is -2.24. The number of carbonyl (C=O) groups is 2. The lowest BCUT2D eigenvalue weighted by Crippen LogP contribution is -2.38. The summed E-state index contributed by atoms with van der Waals surface area (Å²) in [4.78, 5) is 26.1. The van der Waals surface area contributed by atoms with E-state index in [4.69, 9.17) is 9.47 Å². The van der Waals surface area contributed by atoms with Gasteiger partial charge in [0.05, 0.1) is 25.3 Å². The molecule has 0 aliphatic carbocycles. The molecule has 5 nitrogen and oxygen atoms in total. The molecule has 0 aromatic heterocycles. The molecule has 1 saturated heterocycles. The van der Waals surface area contributed by atoms with Gasteiger partial charge in [-0.05, 0) is 31.0 Å². The van der Waals surface area contributed by atoms with Crippen LogP contribution < -0.4 is 0 Å². The number of hydrogen-bond donors (Lipinski definition) is 0. The zero-order chi connectivity index (χ0) is 15.4. The lowest BCUT2D eigenvalue weighted by molar-refractivity contribution is 0.0600. The van der Waals surface area contributed by atoms with Crippen molar-refractivity contribution in [1.29, 1.82) is 0 Å². The molecule has 0 radical (unpaired) electrons. The summed E-state index contributed by atoms with van der Waals surface area (Å²) >= 11 is 3.33. The molecule has 1 aliphatic heterocycles. The number of methoxy groups -OCH3 is 2. The van der Waals surface area contributed by atoms with Gasteiger partial charge in [-0.3, -0.25) is 4.79 Å². The van der Waals surface area contributed by atoms with Crippen molar-refractivity contribution in [2.24, 2.45) is 0 Å². The van der Waals surface area contributed by atoms with Crippen molar-refractivity contribution in [3.05, 3.63) is 33.8 Å². The maximum atomic E-state index is 12.6. The third kappa shape index (κ3) is 3.63. The van der Waals surface area contributed by atoms with Gasteiger partial charge in [0.15, 0.2) is 0 Å².